The van der Waals surface area contributed by atoms with Crippen LogP contribution in [0, 0.1) is 5.82 Å². The van der Waals surface area contributed by atoms with Gasteiger partial charge in [-0.05, 0) is 35.9 Å². The maximum atomic E-state index is 12.9. The van der Waals surface area contributed by atoms with E-state index in [9.17, 15) is 4.39 Å². The Balaban J connectivity index is 2.09. The zero-order chi connectivity index (χ0) is 13.1. The molecule has 2 rings (SSSR count). The van der Waals surface area contributed by atoms with E-state index in [4.69, 9.17) is 23.2 Å². The Morgan fingerprint density at radius 2 is 1.83 bits per heavy atom. The van der Waals surface area contributed by atoms with Gasteiger partial charge < -0.3 is 5.32 Å². The van der Waals surface area contributed by atoms with Crippen LogP contribution in [-0.4, -0.2) is 0 Å². The molecule has 0 aromatic heterocycles. The third-order valence-corrected chi connectivity index (χ3v) is 3.89. The zero-order valence-electron chi connectivity index (χ0n) is 9.18. The first-order valence-corrected chi connectivity index (χ1v) is 6.74. The number of rotatable bonds is 3. The van der Waals surface area contributed by atoms with E-state index >= 15 is 0 Å². The van der Waals surface area contributed by atoms with E-state index < -0.39 is 0 Å². The lowest BCUT2D eigenvalue weighted by atomic mass is 10.2. The van der Waals surface area contributed by atoms with Crippen LogP contribution in [-0.2, 0) is 6.54 Å². The van der Waals surface area contributed by atoms with Crippen molar-refractivity contribution in [2.45, 2.75) is 6.54 Å². The van der Waals surface area contributed by atoms with Crippen molar-refractivity contribution in [1.82, 2.24) is 0 Å². The molecule has 5 heteroatoms. The zero-order valence-corrected chi connectivity index (χ0v) is 12.3. The van der Waals surface area contributed by atoms with Gasteiger partial charge in [-0.25, -0.2) is 4.39 Å². The lowest BCUT2D eigenvalue weighted by Gasteiger charge is -2.09. The van der Waals surface area contributed by atoms with E-state index in [0.29, 0.717) is 16.6 Å². The minimum atomic E-state index is -0.264. The van der Waals surface area contributed by atoms with Crippen LogP contribution in [0.4, 0.5) is 10.1 Å². The molecular formula is C13H9BrCl2FN. The van der Waals surface area contributed by atoms with Gasteiger partial charge in [0, 0.05) is 16.7 Å². The Bertz CT molecular complexity index is 575. The summed E-state index contributed by atoms with van der Waals surface area (Å²) in [5.74, 6) is -0.264. The van der Waals surface area contributed by atoms with Crippen LogP contribution >= 0.6 is 39.1 Å². The number of hydrogen-bond acceptors (Lipinski definition) is 1. The highest BCUT2D eigenvalue weighted by molar-refractivity contribution is 9.10. The summed E-state index contributed by atoms with van der Waals surface area (Å²) < 4.78 is 13.7. The molecule has 18 heavy (non-hydrogen) atoms. The number of nitrogens with one attached hydrogen (secondary N) is 1. The molecule has 94 valence electrons. The third kappa shape index (κ3) is 3.37. The summed E-state index contributed by atoms with van der Waals surface area (Å²) in [5, 5.41) is 4.21. The van der Waals surface area contributed by atoms with E-state index in [0.717, 1.165) is 15.7 Å². The molecule has 0 saturated heterocycles. The molecule has 0 saturated carbocycles. The molecule has 2 aromatic carbocycles. The Morgan fingerprint density at radius 1 is 1.06 bits per heavy atom. The molecule has 1 nitrogen and oxygen atoms in total. The van der Waals surface area contributed by atoms with Crippen molar-refractivity contribution >= 4 is 44.8 Å². The van der Waals surface area contributed by atoms with Crippen LogP contribution in [0.2, 0.25) is 10.0 Å². The number of halogens is 4. The van der Waals surface area contributed by atoms with Gasteiger partial charge in [-0.3, -0.25) is 0 Å². The SMILES string of the molecule is Fc1ccc(CNc2ccc(Cl)c(Cl)c2)c(Br)c1. The van der Waals surface area contributed by atoms with Gasteiger partial charge in [0.2, 0.25) is 0 Å². The van der Waals surface area contributed by atoms with Crippen LogP contribution in [0.3, 0.4) is 0 Å². The van der Waals surface area contributed by atoms with Crippen LogP contribution in [0.5, 0.6) is 0 Å². The van der Waals surface area contributed by atoms with Crippen molar-refractivity contribution in [3.8, 4) is 0 Å². The first kappa shape index (κ1) is 13.7. The highest BCUT2D eigenvalue weighted by atomic mass is 79.9. The van der Waals surface area contributed by atoms with E-state index in [2.05, 4.69) is 21.2 Å². The van der Waals surface area contributed by atoms with Gasteiger partial charge in [-0.1, -0.05) is 45.2 Å². The monoisotopic (exact) mass is 347 g/mol. The van der Waals surface area contributed by atoms with Gasteiger partial charge in [-0.2, -0.15) is 0 Å². The van der Waals surface area contributed by atoms with E-state index in [1.54, 1.807) is 18.2 Å². The predicted molar refractivity (Wildman–Crippen MR) is 77.9 cm³/mol. The van der Waals surface area contributed by atoms with E-state index in [-0.39, 0.29) is 5.82 Å². The average molecular weight is 349 g/mol. The van der Waals surface area contributed by atoms with Gasteiger partial charge in [0.25, 0.3) is 0 Å². The molecule has 0 heterocycles. The molecule has 0 amide bonds. The van der Waals surface area contributed by atoms with Crippen molar-refractivity contribution in [3.63, 3.8) is 0 Å². The molecule has 0 aliphatic carbocycles. The fraction of sp³-hybridized carbons (Fsp3) is 0.0769. The average Bonchev–Trinajstić information content (AvgIpc) is 2.32. The largest absolute Gasteiger partial charge is 0.381 e. The molecular weight excluding hydrogens is 340 g/mol. The van der Waals surface area contributed by atoms with Crippen LogP contribution in [0.25, 0.3) is 0 Å². The van der Waals surface area contributed by atoms with Gasteiger partial charge in [0.15, 0.2) is 0 Å². The summed E-state index contributed by atoms with van der Waals surface area (Å²) in [6, 6.07) is 9.91. The molecule has 0 aliphatic rings. The predicted octanol–water partition coefficient (Wildman–Crippen LogP) is 5.51. The minimum absolute atomic E-state index is 0.264. The summed E-state index contributed by atoms with van der Waals surface area (Å²) in [4.78, 5) is 0. The highest BCUT2D eigenvalue weighted by Crippen LogP contribution is 2.26. The van der Waals surface area contributed by atoms with Gasteiger partial charge in [0.1, 0.15) is 5.82 Å². The second-order valence-electron chi connectivity index (χ2n) is 3.72. The second-order valence-corrected chi connectivity index (χ2v) is 5.39. The maximum absolute atomic E-state index is 12.9. The van der Waals surface area contributed by atoms with Crippen molar-refractivity contribution in [1.29, 1.82) is 0 Å². The lowest BCUT2D eigenvalue weighted by Crippen LogP contribution is -2.00. The van der Waals surface area contributed by atoms with Crippen LogP contribution in [0.1, 0.15) is 5.56 Å². The van der Waals surface area contributed by atoms with Gasteiger partial charge in [0.05, 0.1) is 10.0 Å². The van der Waals surface area contributed by atoms with Crippen LogP contribution in [0.15, 0.2) is 40.9 Å². The first-order valence-electron chi connectivity index (χ1n) is 5.19. The number of hydrogen-bond donors (Lipinski definition) is 1. The second kappa shape index (κ2) is 5.91. The molecule has 2 aromatic rings. The van der Waals surface area contributed by atoms with Crippen molar-refractivity contribution in [2.75, 3.05) is 5.32 Å². The van der Waals surface area contributed by atoms with Crippen molar-refractivity contribution in [3.05, 3.63) is 62.3 Å². The first-order chi connectivity index (χ1) is 8.56. The molecule has 0 radical (unpaired) electrons. The standard InChI is InChI=1S/C13H9BrCl2FN/c14-11-5-9(17)2-1-8(11)7-18-10-3-4-12(15)13(16)6-10/h1-6,18H,7H2. The molecule has 0 fully saturated rings. The molecule has 0 bridgehead atoms. The third-order valence-electron chi connectivity index (χ3n) is 2.42. The van der Waals surface area contributed by atoms with Crippen molar-refractivity contribution in [2.24, 2.45) is 0 Å². The minimum Gasteiger partial charge on any atom is -0.381 e. The molecule has 1 N–H and O–H groups in total. The fourth-order valence-electron chi connectivity index (χ4n) is 1.47. The quantitative estimate of drug-likeness (QED) is 0.771. The number of anilines is 1. The Labute approximate surface area is 123 Å². The smallest absolute Gasteiger partial charge is 0.124 e. The topological polar surface area (TPSA) is 12.0 Å². The van der Waals surface area contributed by atoms with E-state index in [1.165, 1.54) is 12.1 Å². The Kier molecular flexibility index (Phi) is 4.49. The lowest BCUT2D eigenvalue weighted by molar-refractivity contribution is 0.626. The molecule has 0 atom stereocenters. The summed E-state index contributed by atoms with van der Waals surface area (Å²) in [7, 11) is 0. The maximum Gasteiger partial charge on any atom is 0.124 e. The number of benzene rings is 2. The summed E-state index contributed by atoms with van der Waals surface area (Å²) in [6.45, 7) is 0.568. The summed E-state index contributed by atoms with van der Waals surface area (Å²) in [6.07, 6.45) is 0. The van der Waals surface area contributed by atoms with Gasteiger partial charge in [-0.15, -0.1) is 0 Å². The van der Waals surface area contributed by atoms with E-state index in [1.807, 2.05) is 6.07 Å². The summed E-state index contributed by atoms with van der Waals surface area (Å²) in [5.41, 5.74) is 1.82. The Morgan fingerprint density at radius 3 is 2.50 bits per heavy atom. The van der Waals surface area contributed by atoms with Crippen LogP contribution < -0.4 is 5.32 Å². The molecule has 0 aliphatic heterocycles. The summed E-state index contributed by atoms with van der Waals surface area (Å²) >= 11 is 15.1. The Hall–Kier alpha value is -0.770. The van der Waals surface area contributed by atoms with Crippen molar-refractivity contribution < 1.29 is 4.39 Å². The molecule has 0 spiro atoms. The normalized spacial score (nSPS) is 10.4. The molecule has 0 unspecified atom stereocenters. The fourth-order valence-corrected chi connectivity index (χ4v) is 2.26. The highest BCUT2D eigenvalue weighted by Gasteiger charge is 2.03. The van der Waals surface area contributed by atoms with Gasteiger partial charge >= 0.3 is 0 Å².